The Morgan fingerprint density at radius 2 is 1.88 bits per heavy atom. The molecule has 1 aromatic rings. The maximum atomic E-state index is 11.3. The second-order valence-corrected chi connectivity index (χ2v) is 4.24. The Morgan fingerprint density at radius 3 is 2.38 bits per heavy atom. The zero-order chi connectivity index (χ0) is 12.3. The quantitative estimate of drug-likeness (QED) is 0.794. The number of carbonyl (C=O) groups is 2. The summed E-state index contributed by atoms with van der Waals surface area (Å²) < 4.78 is 0. The van der Waals surface area contributed by atoms with Gasteiger partial charge in [0.15, 0.2) is 0 Å². The van der Waals surface area contributed by atoms with Crippen molar-refractivity contribution in [2.24, 2.45) is 0 Å². The Kier molecular flexibility index (Phi) is 3.82. The largest absolute Gasteiger partial charge is 0.319 e. The number of rotatable bonds is 3. The number of hydrogen-bond donors (Lipinski definition) is 1. The van der Waals surface area contributed by atoms with Gasteiger partial charge in [0.1, 0.15) is 0 Å². The molecule has 0 radical (unpaired) electrons. The molecule has 3 heteroatoms. The molecular weight excluding hydrogens is 202 g/mol. The zero-order valence-corrected chi connectivity index (χ0v) is 10.1. The summed E-state index contributed by atoms with van der Waals surface area (Å²) in [5.74, 6) is -0.646. The smallest absolute Gasteiger partial charge is 0.291 e. The molecule has 16 heavy (non-hydrogen) atoms. The molecule has 0 bridgehead atoms. The van der Waals surface area contributed by atoms with Crippen molar-refractivity contribution >= 4 is 17.4 Å². The van der Waals surface area contributed by atoms with E-state index < -0.39 is 11.7 Å². The van der Waals surface area contributed by atoms with Crippen LogP contribution in [-0.4, -0.2) is 11.7 Å². The van der Waals surface area contributed by atoms with Crippen LogP contribution in [0, 0.1) is 6.92 Å². The predicted octanol–water partition coefficient (Wildman–Crippen LogP) is 2.65. The minimum atomic E-state index is -0.566. The number of nitrogens with one attached hydrogen (secondary N) is 1. The van der Waals surface area contributed by atoms with Crippen molar-refractivity contribution in [1.82, 2.24) is 0 Å². The van der Waals surface area contributed by atoms with E-state index >= 15 is 0 Å². The monoisotopic (exact) mass is 219 g/mol. The van der Waals surface area contributed by atoms with E-state index in [1.165, 1.54) is 6.92 Å². The van der Waals surface area contributed by atoms with Gasteiger partial charge in [0, 0.05) is 12.6 Å². The Morgan fingerprint density at radius 1 is 1.25 bits per heavy atom. The van der Waals surface area contributed by atoms with Gasteiger partial charge in [0.05, 0.1) is 0 Å². The van der Waals surface area contributed by atoms with Crippen LogP contribution in [0.5, 0.6) is 0 Å². The lowest BCUT2D eigenvalue weighted by atomic mass is 10.0. The first-order chi connectivity index (χ1) is 7.41. The lowest BCUT2D eigenvalue weighted by Gasteiger charge is -2.11. The van der Waals surface area contributed by atoms with E-state index in [2.05, 4.69) is 19.2 Å². The Labute approximate surface area is 95.9 Å². The first-order valence-electron chi connectivity index (χ1n) is 5.34. The van der Waals surface area contributed by atoms with E-state index in [0.717, 1.165) is 11.1 Å². The predicted molar refractivity (Wildman–Crippen MR) is 64.6 cm³/mol. The third-order valence-corrected chi connectivity index (χ3v) is 2.50. The third-order valence-electron chi connectivity index (χ3n) is 2.50. The van der Waals surface area contributed by atoms with Gasteiger partial charge in [-0.05, 0) is 30.0 Å². The van der Waals surface area contributed by atoms with Crippen LogP contribution in [0.15, 0.2) is 18.2 Å². The van der Waals surface area contributed by atoms with Gasteiger partial charge in [-0.1, -0.05) is 26.0 Å². The summed E-state index contributed by atoms with van der Waals surface area (Å²) >= 11 is 0. The summed E-state index contributed by atoms with van der Waals surface area (Å²) in [5, 5.41) is 2.62. The van der Waals surface area contributed by atoms with Crippen molar-refractivity contribution in [2.75, 3.05) is 5.32 Å². The average Bonchev–Trinajstić information content (AvgIpc) is 2.20. The molecule has 1 amide bonds. The highest BCUT2D eigenvalue weighted by atomic mass is 16.2. The molecule has 0 aliphatic carbocycles. The van der Waals surface area contributed by atoms with E-state index in [4.69, 9.17) is 0 Å². The van der Waals surface area contributed by atoms with E-state index in [-0.39, 0.29) is 0 Å². The summed E-state index contributed by atoms with van der Waals surface area (Å²) in [6.07, 6.45) is 0. The van der Waals surface area contributed by atoms with Crippen molar-refractivity contribution in [3.8, 4) is 0 Å². The number of ketones is 1. The highest BCUT2D eigenvalue weighted by Gasteiger charge is 2.10. The minimum absolute atomic E-state index is 0.397. The summed E-state index contributed by atoms with van der Waals surface area (Å²) in [4.78, 5) is 22.2. The zero-order valence-electron chi connectivity index (χ0n) is 10.1. The summed E-state index contributed by atoms with van der Waals surface area (Å²) in [5.41, 5.74) is 2.81. The van der Waals surface area contributed by atoms with Crippen LogP contribution >= 0.6 is 0 Å². The van der Waals surface area contributed by atoms with Crippen molar-refractivity contribution in [2.45, 2.75) is 33.6 Å². The van der Waals surface area contributed by atoms with Crippen molar-refractivity contribution < 1.29 is 9.59 Å². The Bertz CT molecular complexity index is 422. The van der Waals surface area contributed by atoms with Gasteiger partial charge in [-0.15, -0.1) is 0 Å². The van der Waals surface area contributed by atoms with Crippen LogP contribution in [0.4, 0.5) is 5.69 Å². The summed E-state index contributed by atoms with van der Waals surface area (Å²) in [6.45, 7) is 7.33. The number of Topliss-reactive ketones (excluding diaryl/α,β-unsaturated/α-hetero) is 1. The number of benzene rings is 1. The van der Waals surface area contributed by atoms with Gasteiger partial charge in [-0.25, -0.2) is 0 Å². The molecule has 0 saturated carbocycles. The van der Waals surface area contributed by atoms with E-state index in [9.17, 15) is 9.59 Å². The highest BCUT2D eigenvalue weighted by molar-refractivity contribution is 6.39. The summed E-state index contributed by atoms with van der Waals surface area (Å²) in [7, 11) is 0. The van der Waals surface area contributed by atoms with Crippen molar-refractivity contribution in [3.05, 3.63) is 29.3 Å². The number of amides is 1. The van der Waals surface area contributed by atoms with Gasteiger partial charge in [-0.2, -0.15) is 0 Å². The number of anilines is 1. The molecule has 0 atom stereocenters. The normalized spacial score (nSPS) is 10.3. The maximum Gasteiger partial charge on any atom is 0.291 e. The molecule has 0 fully saturated rings. The molecule has 0 spiro atoms. The molecule has 0 aromatic heterocycles. The fraction of sp³-hybridized carbons (Fsp3) is 0.385. The third kappa shape index (κ3) is 2.92. The fourth-order valence-corrected chi connectivity index (χ4v) is 1.34. The molecular formula is C13H17NO2. The van der Waals surface area contributed by atoms with Crippen molar-refractivity contribution in [3.63, 3.8) is 0 Å². The summed E-state index contributed by atoms with van der Waals surface area (Å²) in [6, 6.07) is 5.90. The molecule has 0 heterocycles. The van der Waals surface area contributed by atoms with Gasteiger partial charge in [0.2, 0.25) is 5.78 Å². The fourth-order valence-electron chi connectivity index (χ4n) is 1.34. The van der Waals surface area contributed by atoms with Crippen molar-refractivity contribution in [1.29, 1.82) is 0 Å². The first-order valence-corrected chi connectivity index (χ1v) is 5.34. The lowest BCUT2D eigenvalue weighted by Crippen LogP contribution is -2.20. The lowest BCUT2D eigenvalue weighted by molar-refractivity contribution is -0.133. The SMILES string of the molecule is CC(=O)C(=O)Nc1cc(C(C)C)ccc1C. The molecule has 1 aromatic carbocycles. The average molecular weight is 219 g/mol. The first kappa shape index (κ1) is 12.4. The Balaban J connectivity index is 2.99. The molecule has 0 aliphatic rings. The molecule has 1 N–H and O–H groups in total. The molecule has 3 nitrogen and oxygen atoms in total. The highest BCUT2D eigenvalue weighted by Crippen LogP contribution is 2.22. The van der Waals surface area contributed by atoms with Crippen LogP contribution in [0.1, 0.15) is 37.8 Å². The van der Waals surface area contributed by atoms with Crippen LogP contribution < -0.4 is 5.32 Å². The second kappa shape index (κ2) is 4.92. The minimum Gasteiger partial charge on any atom is -0.319 e. The van der Waals surface area contributed by atoms with Crippen LogP contribution in [0.25, 0.3) is 0 Å². The topological polar surface area (TPSA) is 46.2 Å². The van der Waals surface area contributed by atoms with Crippen LogP contribution in [0.2, 0.25) is 0 Å². The molecule has 1 rings (SSSR count). The van der Waals surface area contributed by atoms with E-state index in [0.29, 0.717) is 11.6 Å². The molecule has 86 valence electrons. The Hall–Kier alpha value is -1.64. The number of hydrogen-bond acceptors (Lipinski definition) is 2. The van der Waals surface area contributed by atoms with Gasteiger partial charge >= 0.3 is 0 Å². The van der Waals surface area contributed by atoms with Crippen LogP contribution in [0.3, 0.4) is 0 Å². The van der Waals surface area contributed by atoms with Crippen LogP contribution in [-0.2, 0) is 9.59 Å². The van der Waals surface area contributed by atoms with Gasteiger partial charge in [0.25, 0.3) is 5.91 Å². The molecule has 0 aliphatic heterocycles. The standard InChI is InChI=1S/C13H17NO2/c1-8(2)11-6-5-9(3)12(7-11)14-13(16)10(4)15/h5-8H,1-4H3,(H,14,16). The maximum absolute atomic E-state index is 11.3. The van der Waals surface area contributed by atoms with E-state index in [1.54, 1.807) is 0 Å². The molecule has 0 unspecified atom stereocenters. The number of carbonyl (C=O) groups excluding carboxylic acids is 2. The van der Waals surface area contributed by atoms with Gasteiger partial charge < -0.3 is 5.32 Å². The van der Waals surface area contributed by atoms with Gasteiger partial charge in [-0.3, -0.25) is 9.59 Å². The molecule has 0 saturated heterocycles. The number of aryl methyl sites for hydroxylation is 1. The van der Waals surface area contributed by atoms with E-state index in [1.807, 2.05) is 25.1 Å². The second-order valence-electron chi connectivity index (χ2n) is 4.24.